The number of aryl methyl sites for hydroxylation is 1. The minimum absolute atomic E-state index is 0.0513. The molecule has 3 N–H and O–H groups in total. The molecule has 0 saturated heterocycles. The zero-order valence-electron chi connectivity index (χ0n) is 18.3. The van der Waals surface area contributed by atoms with E-state index in [2.05, 4.69) is 15.4 Å². The highest BCUT2D eigenvalue weighted by atomic mass is 32.2. The summed E-state index contributed by atoms with van der Waals surface area (Å²) in [6.45, 7) is 2.60. The number of carbonyl (C=O) groups excluding carboxylic acids is 3. The zero-order valence-corrected chi connectivity index (χ0v) is 19.1. The maximum atomic E-state index is 13.5. The van der Waals surface area contributed by atoms with Crippen molar-refractivity contribution in [3.05, 3.63) is 70.7 Å². The monoisotopic (exact) mass is 491 g/mol. The second-order valence-corrected chi connectivity index (χ2v) is 8.81. The van der Waals surface area contributed by atoms with E-state index in [0.717, 1.165) is 12.1 Å². The number of para-hydroxylation sites is 1. The number of halogens is 1. The van der Waals surface area contributed by atoms with E-state index in [-0.39, 0.29) is 46.1 Å². The van der Waals surface area contributed by atoms with E-state index in [1.165, 1.54) is 37.3 Å². The van der Waals surface area contributed by atoms with E-state index in [0.29, 0.717) is 0 Å². The molecule has 0 bridgehead atoms. The SMILES string of the molecule is CCOC(=O)C1=C(COC(=O)c2ccccc2NS(=O)(=O)c2ccc(F)c(C)c2)NC(=O)NC1. The number of sulfonamides is 1. The number of rotatable bonds is 8. The Morgan fingerprint density at radius 2 is 1.85 bits per heavy atom. The molecule has 0 unspecified atom stereocenters. The van der Waals surface area contributed by atoms with E-state index in [9.17, 15) is 27.2 Å². The second kappa shape index (κ2) is 10.3. The minimum atomic E-state index is -4.14. The molecule has 0 aliphatic carbocycles. The normalized spacial score (nSPS) is 13.6. The fraction of sp³-hybridized carbons (Fsp3) is 0.227. The third kappa shape index (κ3) is 5.70. The Morgan fingerprint density at radius 1 is 1.12 bits per heavy atom. The van der Waals surface area contributed by atoms with E-state index in [1.807, 2.05) is 0 Å². The molecule has 3 rings (SSSR count). The predicted molar refractivity (Wildman–Crippen MR) is 119 cm³/mol. The van der Waals surface area contributed by atoms with Gasteiger partial charge in [-0.1, -0.05) is 12.1 Å². The van der Waals surface area contributed by atoms with Crippen LogP contribution < -0.4 is 15.4 Å². The van der Waals surface area contributed by atoms with Crippen molar-refractivity contribution in [2.24, 2.45) is 0 Å². The fourth-order valence-electron chi connectivity index (χ4n) is 3.02. The number of esters is 2. The van der Waals surface area contributed by atoms with Gasteiger partial charge in [0.2, 0.25) is 0 Å². The molecule has 0 saturated carbocycles. The van der Waals surface area contributed by atoms with Gasteiger partial charge in [0.15, 0.2) is 0 Å². The Balaban J connectivity index is 1.81. The molecule has 0 radical (unpaired) electrons. The van der Waals surface area contributed by atoms with Gasteiger partial charge < -0.3 is 20.1 Å². The van der Waals surface area contributed by atoms with Crippen LogP contribution >= 0.6 is 0 Å². The van der Waals surface area contributed by atoms with Gasteiger partial charge in [0.05, 0.1) is 40.6 Å². The first-order valence-electron chi connectivity index (χ1n) is 10.1. The summed E-state index contributed by atoms with van der Waals surface area (Å²) in [5.41, 5.74) is 0.113. The van der Waals surface area contributed by atoms with Crippen molar-refractivity contribution in [1.29, 1.82) is 0 Å². The Bertz CT molecular complexity index is 1280. The molecule has 10 nitrogen and oxygen atoms in total. The summed E-state index contributed by atoms with van der Waals surface area (Å²) in [6.07, 6.45) is 0. The molecule has 12 heteroatoms. The standard InChI is InChI=1S/C22H22FN3O7S/c1-3-32-21(28)16-11-24-22(29)25-19(16)12-33-20(27)15-6-4-5-7-18(15)26-34(30,31)14-8-9-17(23)13(2)10-14/h4-10,26H,3,11-12H2,1-2H3,(H2,24,25,29). The van der Waals surface area contributed by atoms with Gasteiger partial charge in [-0.05, 0) is 49.7 Å². The maximum absolute atomic E-state index is 13.5. The lowest BCUT2D eigenvalue weighted by molar-refractivity contribution is -0.138. The first-order chi connectivity index (χ1) is 16.1. The Labute approximate surface area is 195 Å². The Hall–Kier alpha value is -3.93. The molecule has 2 aromatic rings. The lowest BCUT2D eigenvalue weighted by atomic mass is 10.1. The molecular weight excluding hydrogens is 469 g/mol. The number of carbonyl (C=O) groups is 3. The highest BCUT2D eigenvalue weighted by Gasteiger charge is 2.25. The van der Waals surface area contributed by atoms with Crippen molar-refractivity contribution in [2.45, 2.75) is 18.7 Å². The number of urea groups is 1. The number of anilines is 1. The summed E-state index contributed by atoms with van der Waals surface area (Å²) in [6, 6.07) is 8.45. The number of amides is 2. The fourth-order valence-corrected chi connectivity index (χ4v) is 4.19. The summed E-state index contributed by atoms with van der Waals surface area (Å²) in [7, 11) is -4.14. The van der Waals surface area contributed by atoms with Crippen LogP contribution in [0, 0.1) is 12.7 Å². The summed E-state index contributed by atoms with van der Waals surface area (Å²) < 4.78 is 51.5. The van der Waals surface area contributed by atoms with Crippen molar-refractivity contribution in [1.82, 2.24) is 10.6 Å². The van der Waals surface area contributed by atoms with Crippen LogP contribution in [0.4, 0.5) is 14.9 Å². The second-order valence-electron chi connectivity index (χ2n) is 7.12. The summed E-state index contributed by atoms with van der Waals surface area (Å²) in [5, 5.41) is 4.84. The third-order valence-corrected chi connectivity index (χ3v) is 6.12. The molecule has 180 valence electrons. The highest BCUT2D eigenvalue weighted by Crippen LogP contribution is 2.22. The molecule has 1 aliphatic rings. The average Bonchev–Trinajstić information content (AvgIpc) is 2.79. The van der Waals surface area contributed by atoms with E-state index in [4.69, 9.17) is 9.47 Å². The van der Waals surface area contributed by atoms with Crippen molar-refractivity contribution in [3.8, 4) is 0 Å². The Morgan fingerprint density at radius 3 is 2.56 bits per heavy atom. The van der Waals surface area contributed by atoms with Gasteiger partial charge >= 0.3 is 18.0 Å². The summed E-state index contributed by atoms with van der Waals surface area (Å²) >= 11 is 0. The van der Waals surface area contributed by atoms with Gasteiger partial charge in [-0.2, -0.15) is 0 Å². The average molecular weight is 491 g/mol. The molecule has 1 heterocycles. The van der Waals surface area contributed by atoms with Crippen molar-refractivity contribution in [2.75, 3.05) is 24.5 Å². The van der Waals surface area contributed by atoms with Crippen molar-refractivity contribution >= 4 is 33.7 Å². The molecule has 34 heavy (non-hydrogen) atoms. The van der Waals surface area contributed by atoms with Gasteiger partial charge in [-0.15, -0.1) is 0 Å². The van der Waals surface area contributed by atoms with Crippen molar-refractivity contribution < 1.29 is 36.7 Å². The lowest BCUT2D eigenvalue weighted by Crippen LogP contribution is -2.45. The first kappa shape index (κ1) is 24.7. The molecule has 2 amide bonds. The van der Waals surface area contributed by atoms with Crippen LogP contribution in [0.5, 0.6) is 0 Å². The molecule has 1 aliphatic heterocycles. The lowest BCUT2D eigenvalue weighted by Gasteiger charge is -2.21. The summed E-state index contributed by atoms with van der Waals surface area (Å²) in [5.74, 6) is -2.13. The smallest absolute Gasteiger partial charge is 0.340 e. The molecule has 0 aromatic heterocycles. The number of ether oxygens (including phenoxy) is 2. The number of hydrogen-bond donors (Lipinski definition) is 3. The third-order valence-electron chi connectivity index (χ3n) is 4.75. The van der Waals surface area contributed by atoms with Crippen LogP contribution in [0.25, 0.3) is 0 Å². The van der Waals surface area contributed by atoms with Gasteiger partial charge in [0.25, 0.3) is 10.0 Å². The van der Waals surface area contributed by atoms with Crippen LogP contribution in [0.15, 0.2) is 58.6 Å². The van der Waals surface area contributed by atoms with Crippen LogP contribution in [0.1, 0.15) is 22.8 Å². The minimum Gasteiger partial charge on any atom is -0.463 e. The summed E-state index contributed by atoms with van der Waals surface area (Å²) in [4.78, 5) is 36.3. The number of hydrogen-bond acceptors (Lipinski definition) is 7. The number of nitrogens with one attached hydrogen (secondary N) is 3. The van der Waals surface area contributed by atoms with Crippen LogP contribution in [-0.4, -0.2) is 46.1 Å². The molecule has 2 aromatic carbocycles. The van der Waals surface area contributed by atoms with E-state index >= 15 is 0 Å². The van der Waals surface area contributed by atoms with E-state index in [1.54, 1.807) is 6.92 Å². The van der Waals surface area contributed by atoms with Crippen molar-refractivity contribution in [3.63, 3.8) is 0 Å². The molecule has 0 atom stereocenters. The topological polar surface area (TPSA) is 140 Å². The maximum Gasteiger partial charge on any atom is 0.340 e. The quantitative estimate of drug-likeness (QED) is 0.481. The van der Waals surface area contributed by atoms with Crippen LogP contribution in [0.3, 0.4) is 0 Å². The van der Waals surface area contributed by atoms with Gasteiger partial charge in [0, 0.05) is 0 Å². The van der Waals surface area contributed by atoms with E-state index < -0.39 is 40.4 Å². The van der Waals surface area contributed by atoms with Gasteiger partial charge in [-0.25, -0.2) is 27.2 Å². The molecule has 0 fully saturated rings. The van der Waals surface area contributed by atoms with Crippen LogP contribution in [0.2, 0.25) is 0 Å². The van der Waals surface area contributed by atoms with Gasteiger partial charge in [-0.3, -0.25) is 4.72 Å². The largest absolute Gasteiger partial charge is 0.463 e. The first-order valence-corrected chi connectivity index (χ1v) is 11.6. The Kier molecular flexibility index (Phi) is 7.51. The zero-order chi connectivity index (χ0) is 24.9. The number of benzene rings is 2. The molecular formula is C22H22FN3O7S. The van der Waals surface area contributed by atoms with Gasteiger partial charge in [0.1, 0.15) is 12.4 Å². The highest BCUT2D eigenvalue weighted by molar-refractivity contribution is 7.92. The molecule has 0 spiro atoms. The predicted octanol–water partition coefficient (Wildman–Crippen LogP) is 2.22. The van der Waals surface area contributed by atoms with Crippen LogP contribution in [-0.2, 0) is 24.3 Å².